The Kier molecular flexibility index (Phi) is 4.36. The summed E-state index contributed by atoms with van der Waals surface area (Å²) in [6.45, 7) is 0.757. The first-order chi connectivity index (χ1) is 8.18. The lowest BCUT2D eigenvalue weighted by molar-refractivity contribution is -0.0344. The fraction of sp³-hybridized carbons (Fsp3) is 0.500. The molecule has 0 bridgehead atoms. The fourth-order valence-electron chi connectivity index (χ4n) is 1.71. The summed E-state index contributed by atoms with van der Waals surface area (Å²) in [6.07, 6.45) is -2.15. The molecule has 1 saturated heterocycles. The average Bonchev–Trinajstić information content (AvgIpc) is 2.63. The molecule has 0 aliphatic carbocycles. The lowest BCUT2D eigenvalue weighted by Crippen LogP contribution is -2.32. The molecule has 1 aromatic carbocycles. The van der Waals surface area contributed by atoms with Gasteiger partial charge in [-0.3, -0.25) is 0 Å². The Balaban J connectivity index is 1.79. The first-order valence-electron chi connectivity index (χ1n) is 5.47. The van der Waals surface area contributed by atoms with Crippen LogP contribution >= 0.6 is 11.6 Å². The molecule has 2 N–H and O–H groups in total. The molecule has 1 aromatic rings. The van der Waals surface area contributed by atoms with E-state index in [1.165, 1.54) is 0 Å². The predicted octanol–water partition coefficient (Wildman–Crippen LogP) is 0.977. The van der Waals surface area contributed by atoms with Crippen molar-refractivity contribution in [1.82, 2.24) is 0 Å². The molecular weight excluding hydrogens is 244 g/mol. The Bertz CT molecular complexity index is 371. The molecule has 0 amide bonds. The maximum Gasteiger partial charge on any atom is 0.110 e. The molecule has 5 heteroatoms. The highest BCUT2D eigenvalue weighted by Crippen LogP contribution is 2.18. The van der Waals surface area contributed by atoms with Crippen LogP contribution in [0.4, 0.5) is 0 Å². The molecule has 0 saturated carbocycles. The number of halogens is 1. The third-order valence-corrected chi connectivity index (χ3v) is 3.12. The maximum atomic E-state index is 9.53. The quantitative estimate of drug-likeness (QED) is 0.845. The first-order valence-corrected chi connectivity index (χ1v) is 5.85. The standard InChI is InChI=1S/C12H15ClO4/c13-9-4-2-1-3-8(9)5-16-7-11-12(15)10(14)6-17-11/h1-4,10-12,14-15H,5-7H2/t10-,11+,12+/m1/s1. The second kappa shape index (κ2) is 5.80. The van der Waals surface area contributed by atoms with Crippen LogP contribution in [0.1, 0.15) is 5.56 Å². The highest BCUT2D eigenvalue weighted by atomic mass is 35.5. The van der Waals surface area contributed by atoms with Crippen LogP contribution in [0.15, 0.2) is 24.3 Å². The Hall–Kier alpha value is -0.650. The zero-order chi connectivity index (χ0) is 12.3. The normalized spacial score (nSPS) is 28.5. The van der Waals surface area contributed by atoms with Crippen LogP contribution in [-0.4, -0.2) is 41.7 Å². The summed E-state index contributed by atoms with van der Waals surface area (Å²) in [6, 6.07) is 7.41. The summed E-state index contributed by atoms with van der Waals surface area (Å²) in [5.74, 6) is 0. The minimum Gasteiger partial charge on any atom is -0.388 e. The summed E-state index contributed by atoms with van der Waals surface area (Å²) in [5.41, 5.74) is 0.891. The molecule has 4 nitrogen and oxygen atoms in total. The second-order valence-electron chi connectivity index (χ2n) is 4.04. The van der Waals surface area contributed by atoms with Crippen LogP contribution in [0.2, 0.25) is 5.02 Å². The minimum atomic E-state index is -0.874. The zero-order valence-corrected chi connectivity index (χ0v) is 10.0. The molecule has 1 aliphatic rings. The van der Waals surface area contributed by atoms with Gasteiger partial charge >= 0.3 is 0 Å². The number of hydrogen-bond acceptors (Lipinski definition) is 4. The van der Waals surface area contributed by atoms with Gasteiger partial charge in [0.2, 0.25) is 0 Å². The number of hydrogen-bond donors (Lipinski definition) is 2. The molecule has 1 heterocycles. The van der Waals surface area contributed by atoms with E-state index in [9.17, 15) is 10.2 Å². The van der Waals surface area contributed by atoms with Crippen molar-refractivity contribution < 1.29 is 19.7 Å². The lowest BCUT2D eigenvalue weighted by atomic mass is 10.1. The van der Waals surface area contributed by atoms with E-state index in [2.05, 4.69) is 0 Å². The molecule has 0 radical (unpaired) electrons. The van der Waals surface area contributed by atoms with E-state index in [1.807, 2.05) is 18.2 Å². The third kappa shape index (κ3) is 3.18. The molecule has 2 rings (SSSR count). The smallest absolute Gasteiger partial charge is 0.110 e. The Morgan fingerprint density at radius 3 is 2.76 bits per heavy atom. The molecule has 1 fully saturated rings. The number of benzene rings is 1. The summed E-state index contributed by atoms with van der Waals surface area (Å²) < 4.78 is 10.6. The SMILES string of the molecule is O[C@H]1[C@H](O)CO[C@H]1COCc1ccccc1Cl. The van der Waals surface area contributed by atoms with Crippen molar-refractivity contribution in [3.8, 4) is 0 Å². The number of aliphatic hydroxyl groups is 2. The highest BCUT2D eigenvalue weighted by molar-refractivity contribution is 6.31. The number of aliphatic hydroxyl groups excluding tert-OH is 2. The van der Waals surface area contributed by atoms with Gasteiger partial charge in [0.25, 0.3) is 0 Å². The summed E-state index contributed by atoms with van der Waals surface area (Å²) in [7, 11) is 0. The Morgan fingerprint density at radius 2 is 2.12 bits per heavy atom. The molecular formula is C12H15ClO4. The van der Waals surface area contributed by atoms with Gasteiger partial charge in [-0.2, -0.15) is 0 Å². The van der Waals surface area contributed by atoms with E-state index >= 15 is 0 Å². The molecule has 0 unspecified atom stereocenters. The molecule has 94 valence electrons. The van der Waals surface area contributed by atoms with E-state index in [0.29, 0.717) is 11.6 Å². The van der Waals surface area contributed by atoms with Crippen LogP contribution in [0, 0.1) is 0 Å². The van der Waals surface area contributed by atoms with E-state index in [0.717, 1.165) is 5.56 Å². The predicted molar refractivity (Wildman–Crippen MR) is 62.9 cm³/mol. The van der Waals surface area contributed by atoms with Gasteiger partial charge in [0.05, 0.1) is 19.8 Å². The van der Waals surface area contributed by atoms with Gasteiger partial charge in [-0.05, 0) is 11.6 Å². The molecule has 3 atom stereocenters. The summed E-state index contributed by atoms with van der Waals surface area (Å²) in [5, 5.41) is 19.5. The Labute approximate surface area is 105 Å². The van der Waals surface area contributed by atoms with Crippen molar-refractivity contribution in [3.05, 3.63) is 34.9 Å². The monoisotopic (exact) mass is 258 g/mol. The van der Waals surface area contributed by atoms with Crippen molar-refractivity contribution in [2.75, 3.05) is 13.2 Å². The second-order valence-corrected chi connectivity index (χ2v) is 4.44. The average molecular weight is 259 g/mol. The van der Waals surface area contributed by atoms with Crippen LogP contribution in [-0.2, 0) is 16.1 Å². The van der Waals surface area contributed by atoms with E-state index in [4.69, 9.17) is 21.1 Å². The van der Waals surface area contributed by atoms with Gasteiger partial charge in [0, 0.05) is 5.02 Å². The van der Waals surface area contributed by atoms with Crippen molar-refractivity contribution in [2.45, 2.75) is 24.9 Å². The van der Waals surface area contributed by atoms with Gasteiger partial charge in [0.15, 0.2) is 0 Å². The Morgan fingerprint density at radius 1 is 1.35 bits per heavy atom. The molecule has 1 aliphatic heterocycles. The fourth-order valence-corrected chi connectivity index (χ4v) is 1.90. The number of rotatable bonds is 4. The van der Waals surface area contributed by atoms with E-state index in [1.54, 1.807) is 6.07 Å². The van der Waals surface area contributed by atoms with Crippen LogP contribution < -0.4 is 0 Å². The van der Waals surface area contributed by atoms with Gasteiger partial charge < -0.3 is 19.7 Å². The first kappa shape index (κ1) is 12.8. The third-order valence-electron chi connectivity index (χ3n) is 2.75. The summed E-state index contributed by atoms with van der Waals surface area (Å²) >= 11 is 5.97. The van der Waals surface area contributed by atoms with E-state index in [-0.39, 0.29) is 13.2 Å². The zero-order valence-electron chi connectivity index (χ0n) is 9.25. The minimum absolute atomic E-state index is 0.154. The van der Waals surface area contributed by atoms with Gasteiger partial charge in [0.1, 0.15) is 18.3 Å². The van der Waals surface area contributed by atoms with Gasteiger partial charge in [-0.1, -0.05) is 29.8 Å². The van der Waals surface area contributed by atoms with Gasteiger partial charge in [-0.15, -0.1) is 0 Å². The lowest BCUT2D eigenvalue weighted by Gasteiger charge is -2.15. The largest absolute Gasteiger partial charge is 0.388 e. The highest BCUT2D eigenvalue weighted by Gasteiger charge is 2.34. The summed E-state index contributed by atoms with van der Waals surface area (Å²) in [4.78, 5) is 0. The van der Waals surface area contributed by atoms with Crippen molar-refractivity contribution in [1.29, 1.82) is 0 Å². The number of ether oxygens (including phenoxy) is 2. The molecule has 0 aromatic heterocycles. The van der Waals surface area contributed by atoms with Crippen LogP contribution in [0.5, 0.6) is 0 Å². The van der Waals surface area contributed by atoms with Crippen molar-refractivity contribution in [2.24, 2.45) is 0 Å². The topological polar surface area (TPSA) is 58.9 Å². The molecule has 0 spiro atoms. The van der Waals surface area contributed by atoms with Gasteiger partial charge in [-0.25, -0.2) is 0 Å². The maximum absolute atomic E-state index is 9.53. The van der Waals surface area contributed by atoms with Crippen LogP contribution in [0.3, 0.4) is 0 Å². The van der Waals surface area contributed by atoms with Crippen molar-refractivity contribution >= 4 is 11.6 Å². The molecule has 17 heavy (non-hydrogen) atoms. The van der Waals surface area contributed by atoms with Crippen LogP contribution in [0.25, 0.3) is 0 Å². The van der Waals surface area contributed by atoms with Crippen molar-refractivity contribution in [3.63, 3.8) is 0 Å². The van der Waals surface area contributed by atoms with E-state index < -0.39 is 18.3 Å².